The Kier molecular flexibility index (Phi) is 27.1. The average molecular weight is 986 g/mol. The summed E-state index contributed by atoms with van der Waals surface area (Å²) in [6.07, 6.45) is 65.0. The van der Waals surface area contributed by atoms with Crippen LogP contribution in [-0.4, -0.2) is 0 Å². The van der Waals surface area contributed by atoms with Gasteiger partial charge in [-0.25, -0.2) is 0 Å². The molecule has 0 aromatic heterocycles. The minimum atomic E-state index is 0.836. The van der Waals surface area contributed by atoms with Crippen LogP contribution in [0.15, 0.2) is 48.5 Å². The number of benzene rings is 2. The van der Waals surface area contributed by atoms with E-state index >= 15 is 0 Å². The van der Waals surface area contributed by atoms with Gasteiger partial charge in [-0.1, -0.05) is 282 Å². The molecule has 6 aliphatic rings. The zero-order valence-corrected chi connectivity index (χ0v) is 48.7. The van der Waals surface area contributed by atoms with E-state index in [0.29, 0.717) is 0 Å². The van der Waals surface area contributed by atoms with Gasteiger partial charge in [-0.2, -0.15) is 0 Å². The fraction of sp³-hybridized carbons (Fsp3) is 0.833. The largest absolute Gasteiger partial charge is 0.0654 e. The smallest absolute Gasteiger partial charge is 0.0162 e. The van der Waals surface area contributed by atoms with Crippen molar-refractivity contribution in [2.75, 3.05) is 0 Å². The van der Waals surface area contributed by atoms with Crippen molar-refractivity contribution >= 4 is 0 Å². The second kappa shape index (κ2) is 33.6. The number of aryl methyl sites for hydroxylation is 2. The van der Waals surface area contributed by atoms with Crippen molar-refractivity contribution in [2.24, 2.45) is 59.2 Å². The van der Waals surface area contributed by atoms with E-state index in [4.69, 9.17) is 0 Å². The molecule has 72 heavy (non-hydrogen) atoms. The van der Waals surface area contributed by atoms with Gasteiger partial charge in [-0.15, -0.1) is 0 Å². The minimum Gasteiger partial charge on any atom is -0.0654 e. The summed E-state index contributed by atoms with van der Waals surface area (Å²) in [6, 6.07) is 19.8. The first-order valence-corrected chi connectivity index (χ1v) is 33.6. The van der Waals surface area contributed by atoms with Crippen LogP contribution in [0, 0.1) is 59.2 Å². The van der Waals surface area contributed by atoms with Crippen molar-refractivity contribution in [3.05, 3.63) is 70.8 Å². The lowest BCUT2D eigenvalue weighted by Crippen LogP contribution is -2.18. The van der Waals surface area contributed by atoms with Gasteiger partial charge in [0.25, 0.3) is 0 Å². The predicted octanol–water partition coefficient (Wildman–Crippen LogP) is 23.3. The van der Waals surface area contributed by atoms with Crippen LogP contribution < -0.4 is 0 Å². The third-order valence-corrected chi connectivity index (χ3v) is 22.1. The van der Waals surface area contributed by atoms with Gasteiger partial charge in [-0.05, 0) is 170 Å². The maximum atomic E-state index is 2.49. The third kappa shape index (κ3) is 20.8. The Morgan fingerprint density at radius 2 is 0.500 bits per heavy atom. The summed E-state index contributed by atoms with van der Waals surface area (Å²) in [5.41, 5.74) is 6.42. The lowest BCUT2D eigenvalue weighted by molar-refractivity contribution is 0.208. The Hall–Kier alpha value is -1.56. The van der Waals surface area contributed by atoms with Crippen LogP contribution in [0.3, 0.4) is 0 Å². The Bertz CT molecular complexity index is 1600. The quantitative estimate of drug-likeness (QED) is 0.0824. The molecule has 0 N–H and O–H groups in total. The van der Waals surface area contributed by atoms with Crippen molar-refractivity contribution in [3.8, 4) is 0 Å². The first-order chi connectivity index (χ1) is 35.5. The van der Waals surface area contributed by atoms with E-state index in [2.05, 4.69) is 76.2 Å². The maximum Gasteiger partial charge on any atom is -0.0162 e. The third-order valence-electron chi connectivity index (χ3n) is 22.1. The Labute approximate surface area is 449 Å². The SMILES string of the molecule is CCCCCC1CCC(CCC2CCC(CCc3ccc(C4CCC(CC)CC4)cc3)CC2)CC1.CCCCCC1CCC(CCC2CCC(CCc3ccc(C4CCC(CCCC)CC4)cc3)CC2)CC1. The van der Waals surface area contributed by atoms with Gasteiger partial charge in [0.15, 0.2) is 0 Å². The van der Waals surface area contributed by atoms with Gasteiger partial charge >= 0.3 is 0 Å². The van der Waals surface area contributed by atoms with Crippen molar-refractivity contribution in [3.63, 3.8) is 0 Å². The van der Waals surface area contributed by atoms with Gasteiger partial charge in [0.05, 0.1) is 0 Å². The summed E-state index contributed by atoms with van der Waals surface area (Å²) in [5, 5.41) is 0. The topological polar surface area (TPSA) is 0 Å². The van der Waals surface area contributed by atoms with Crippen LogP contribution >= 0.6 is 0 Å². The number of unbranched alkanes of at least 4 members (excludes halogenated alkanes) is 5. The molecule has 0 spiro atoms. The molecular weight excluding hydrogens is 865 g/mol. The summed E-state index contributed by atoms with van der Waals surface area (Å²) < 4.78 is 0. The van der Waals surface area contributed by atoms with Crippen LogP contribution in [0.2, 0.25) is 0 Å². The van der Waals surface area contributed by atoms with E-state index in [-0.39, 0.29) is 0 Å². The molecule has 0 amide bonds. The first kappa shape index (κ1) is 58.1. The van der Waals surface area contributed by atoms with Crippen molar-refractivity contribution < 1.29 is 0 Å². The molecule has 0 nitrogen and oxygen atoms in total. The van der Waals surface area contributed by atoms with Crippen molar-refractivity contribution in [1.82, 2.24) is 0 Å². The zero-order valence-electron chi connectivity index (χ0n) is 48.7. The lowest BCUT2D eigenvalue weighted by Gasteiger charge is -2.32. The van der Waals surface area contributed by atoms with E-state index in [1.807, 2.05) is 0 Å². The number of hydrogen-bond donors (Lipinski definition) is 0. The van der Waals surface area contributed by atoms with E-state index in [0.717, 1.165) is 71.0 Å². The summed E-state index contributed by atoms with van der Waals surface area (Å²) in [7, 11) is 0. The van der Waals surface area contributed by atoms with Crippen molar-refractivity contribution in [1.29, 1.82) is 0 Å². The van der Waals surface area contributed by atoms with Crippen LogP contribution in [0.4, 0.5) is 0 Å². The molecule has 0 atom stereocenters. The normalized spacial score (nSPS) is 31.4. The van der Waals surface area contributed by atoms with E-state index < -0.39 is 0 Å². The standard InChI is InChI=1S/C37H62.C35H58/c1-3-5-7-9-31-10-12-32(13-11-31)14-15-33-16-18-34(19-17-33)20-21-35-24-28-37(29-25-35)36-26-22-30(23-27-36)8-6-4-2;1-3-5-6-7-29-8-10-30(11-9-29)12-13-31-14-16-32(17-15-31)18-19-33-22-26-35(27-23-33)34-24-20-28(4-2)21-25-34/h24-25,28-34,36H,3-23,26-27H2,1-2H3;22-23,26-32,34H,3-21,24-25H2,1-2H3. The Balaban J connectivity index is 0.000000212. The summed E-state index contributed by atoms with van der Waals surface area (Å²) in [4.78, 5) is 0. The first-order valence-electron chi connectivity index (χ1n) is 33.6. The van der Waals surface area contributed by atoms with Gasteiger partial charge < -0.3 is 0 Å². The molecule has 0 radical (unpaired) electrons. The van der Waals surface area contributed by atoms with Crippen molar-refractivity contribution in [2.45, 2.75) is 322 Å². The van der Waals surface area contributed by atoms with E-state index in [9.17, 15) is 0 Å². The average Bonchev–Trinajstić information content (AvgIpc) is 3.44. The second-order valence-electron chi connectivity index (χ2n) is 27.2. The molecule has 2 aromatic rings. The summed E-state index contributed by atoms with van der Waals surface area (Å²) >= 11 is 0. The fourth-order valence-corrected chi connectivity index (χ4v) is 16.4. The highest BCUT2D eigenvalue weighted by Gasteiger charge is 2.28. The lowest BCUT2D eigenvalue weighted by atomic mass is 9.74. The number of hydrogen-bond acceptors (Lipinski definition) is 0. The van der Waals surface area contributed by atoms with E-state index in [1.165, 1.54) is 205 Å². The monoisotopic (exact) mass is 985 g/mol. The van der Waals surface area contributed by atoms with E-state index in [1.54, 1.807) is 99.3 Å². The summed E-state index contributed by atoms with van der Waals surface area (Å²) in [5.74, 6) is 12.1. The highest BCUT2D eigenvalue weighted by molar-refractivity contribution is 5.27. The molecule has 0 saturated heterocycles. The van der Waals surface area contributed by atoms with Crippen LogP contribution in [0.1, 0.15) is 331 Å². The van der Waals surface area contributed by atoms with Gasteiger partial charge in [-0.3, -0.25) is 0 Å². The fourth-order valence-electron chi connectivity index (χ4n) is 16.4. The highest BCUT2D eigenvalue weighted by atomic mass is 14.3. The minimum absolute atomic E-state index is 0.836. The molecule has 0 aliphatic heterocycles. The molecule has 0 bridgehead atoms. The molecule has 408 valence electrons. The van der Waals surface area contributed by atoms with Gasteiger partial charge in [0.2, 0.25) is 0 Å². The molecular formula is C72H120. The molecule has 0 heteroatoms. The highest BCUT2D eigenvalue weighted by Crippen LogP contribution is 2.43. The van der Waals surface area contributed by atoms with Crippen LogP contribution in [-0.2, 0) is 12.8 Å². The maximum absolute atomic E-state index is 2.49. The van der Waals surface area contributed by atoms with Gasteiger partial charge in [0, 0.05) is 0 Å². The molecule has 0 heterocycles. The second-order valence-corrected chi connectivity index (χ2v) is 27.2. The zero-order chi connectivity index (χ0) is 50.0. The van der Waals surface area contributed by atoms with Crippen LogP contribution in [0.25, 0.3) is 0 Å². The molecule has 2 aromatic carbocycles. The predicted molar refractivity (Wildman–Crippen MR) is 317 cm³/mol. The molecule has 8 rings (SSSR count). The molecule has 6 aliphatic carbocycles. The van der Waals surface area contributed by atoms with Gasteiger partial charge in [0.1, 0.15) is 0 Å². The van der Waals surface area contributed by atoms with Crippen LogP contribution in [0.5, 0.6) is 0 Å². The molecule has 6 fully saturated rings. The summed E-state index contributed by atoms with van der Waals surface area (Å²) in [6.45, 7) is 9.37. The Morgan fingerprint density at radius 1 is 0.250 bits per heavy atom. The molecule has 0 unspecified atom stereocenters. The Morgan fingerprint density at radius 3 is 0.792 bits per heavy atom. The molecule has 6 saturated carbocycles. The number of rotatable bonds is 26.